The summed E-state index contributed by atoms with van der Waals surface area (Å²) in [5.74, 6) is -0.443. The number of esters is 1. The van der Waals surface area contributed by atoms with E-state index in [0.29, 0.717) is 5.58 Å². The topological polar surface area (TPSA) is 63.2 Å². The third-order valence-corrected chi connectivity index (χ3v) is 2.49. The van der Waals surface area contributed by atoms with Crippen molar-refractivity contribution < 1.29 is 13.9 Å². The molecule has 1 aromatic heterocycles. The molecule has 0 unspecified atom stereocenters. The molecule has 0 amide bonds. The smallest absolute Gasteiger partial charge is 0.375 e. The normalized spacial score (nSPS) is 12.1. The zero-order valence-corrected chi connectivity index (χ0v) is 9.56. The lowest BCUT2D eigenvalue weighted by atomic mass is 10.1. The summed E-state index contributed by atoms with van der Waals surface area (Å²) in [5, 5.41) is 9.46. The molecule has 4 nitrogen and oxygen atoms in total. The molecule has 1 heterocycles. The molecule has 1 aromatic carbocycles. The summed E-state index contributed by atoms with van der Waals surface area (Å²) < 4.78 is 10.3. The van der Waals surface area contributed by atoms with E-state index in [0.717, 1.165) is 10.9 Å². The number of rotatable bonds is 2. The Morgan fingerprint density at radius 1 is 1.47 bits per heavy atom. The molecule has 2 rings (SSSR count). The number of furan rings is 1. The van der Waals surface area contributed by atoms with E-state index in [1.54, 1.807) is 13.0 Å². The largest absolute Gasteiger partial charge is 0.449 e. The van der Waals surface area contributed by atoms with Crippen LogP contribution in [0, 0.1) is 18.3 Å². The molecule has 0 spiro atoms. The van der Waals surface area contributed by atoms with Crippen molar-refractivity contribution in [2.24, 2.45) is 0 Å². The standard InChI is InChI=1S/C13H11NO3/c1-8(7-14)16-13(15)12-9(2)10-5-3-4-6-11(10)17-12/h3-6,8H,1-2H3/t8-/m1/s1. The fraction of sp³-hybridized carbons (Fsp3) is 0.231. The van der Waals surface area contributed by atoms with Crippen LogP contribution in [0.1, 0.15) is 23.0 Å². The number of benzene rings is 1. The molecule has 17 heavy (non-hydrogen) atoms. The number of para-hydroxylation sites is 1. The Bertz CT molecular complexity index is 607. The third-order valence-electron chi connectivity index (χ3n) is 2.49. The van der Waals surface area contributed by atoms with Gasteiger partial charge in [-0.3, -0.25) is 0 Å². The number of hydrogen-bond donors (Lipinski definition) is 0. The molecule has 1 atom stereocenters. The van der Waals surface area contributed by atoms with Crippen LogP contribution in [-0.4, -0.2) is 12.1 Å². The fourth-order valence-electron chi connectivity index (χ4n) is 1.61. The van der Waals surface area contributed by atoms with E-state index >= 15 is 0 Å². The number of carbonyl (C=O) groups excluding carboxylic acids is 1. The highest BCUT2D eigenvalue weighted by atomic mass is 16.6. The van der Waals surface area contributed by atoms with Crippen molar-refractivity contribution in [3.63, 3.8) is 0 Å². The quantitative estimate of drug-likeness (QED) is 0.743. The van der Waals surface area contributed by atoms with Crippen LogP contribution < -0.4 is 0 Å². The van der Waals surface area contributed by atoms with E-state index in [2.05, 4.69) is 0 Å². The molecule has 0 bridgehead atoms. The Morgan fingerprint density at radius 3 is 2.82 bits per heavy atom. The van der Waals surface area contributed by atoms with E-state index < -0.39 is 12.1 Å². The lowest BCUT2D eigenvalue weighted by Gasteiger charge is -2.03. The van der Waals surface area contributed by atoms with Gasteiger partial charge in [0.05, 0.1) is 0 Å². The van der Waals surface area contributed by atoms with Crippen LogP contribution in [0.2, 0.25) is 0 Å². The van der Waals surface area contributed by atoms with Gasteiger partial charge in [-0.2, -0.15) is 5.26 Å². The van der Waals surface area contributed by atoms with Gasteiger partial charge < -0.3 is 9.15 Å². The number of ether oxygens (including phenoxy) is 1. The number of nitriles is 1. The molecule has 0 aliphatic carbocycles. The van der Waals surface area contributed by atoms with Crippen LogP contribution in [0.3, 0.4) is 0 Å². The van der Waals surface area contributed by atoms with E-state index in [9.17, 15) is 4.79 Å². The van der Waals surface area contributed by atoms with Crippen molar-refractivity contribution >= 4 is 16.9 Å². The van der Waals surface area contributed by atoms with Crippen LogP contribution in [0.25, 0.3) is 11.0 Å². The third kappa shape index (κ3) is 2.00. The lowest BCUT2D eigenvalue weighted by Crippen LogP contribution is -2.13. The summed E-state index contributed by atoms with van der Waals surface area (Å²) in [4.78, 5) is 11.7. The number of nitrogens with zero attached hydrogens (tertiary/aromatic N) is 1. The van der Waals surface area contributed by atoms with Gasteiger partial charge >= 0.3 is 5.97 Å². The first-order chi connectivity index (χ1) is 8.13. The van der Waals surface area contributed by atoms with Crippen molar-refractivity contribution in [2.45, 2.75) is 20.0 Å². The molecule has 0 saturated heterocycles. The van der Waals surface area contributed by atoms with Crippen molar-refractivity contribution in [1.82, 2.24) is 0 Å². The van der Waals surface area contributed by atoms with Gasteiger partial charge in [-0.15, -0.1) is 0 Å². The second-order valence-corrected chi connectivity index (χ2v) is 3.73. The van der Waals surface area contributed by atoms with Crippen LogP contribution in [0.15, 0.2) is 28.7 Å². The van der Waals surface area contributed by atoms with Crippen molar-refractivity contribution in [3.05, 3.63) is 35.6 Å². The summed E-state index contributed by atoms with van der Waals surface area (Å²) in [5.41, 5.74) is 1.37. The summed E-state index contributed by atoms with van der Waals surface area (Å²) in [6.45, 7) is 3.30. The van der Waals surface area contributed by atoms with Crippen LogP contribution in [0.5, 0.6) is 0 Å². The molecule has 0 N–H and O–H groups in total. The molecular weight excluding hydrogens is 218 g/mol. The molecule has 0 aliphatic heterocycles. The summed E-state index contributed by atoms with van der Waals surface area (Å²) in [6, 6.07) is 9.20. The van der Waals surface area contributed by atoms with Gasteiger partial charge in [0.25, 0.3) is 0 Å². The molecule has 0 saturated carbocycles. The molecule has 86 valence electrons. The van der Waals surface area contributed by atoms with Gasteiger partial charge in [0.15, 0.2) is 6.10 Å². The first-order valence-electron chi connectivity index (χ1n) is 5.22. The fourth-order valence-corrected chi connectivity index (χ4v) is 1.61. The molecule has 4 heteroatoms. The SMILES string of the molecule is Cc1c(C(=O)O[C@H](C)C#N)oc2ccccc12. The monoisotopic (exact) mass is 229 g/mol. The molecule has 0 fully saturated rings. The minimum Gasteiger partial charge on any atom is -0.449 e. The number of fused-ring (bicyclic) bond motifs is 1. The predicted octanol–water partition coefficient (Wildman–Crippen LogP) is 2.81. The van der Waals surface area contributed by atoms with Crippen molar-refractivity contribution in [2.75, 3.05) is 0 Å². The van der Waals surface area contributed by atoms with Gasteiger partial charge in [0.2, 0.25) is 5.76 Å². The Morgan fingerprint density at radius 2 is 2.18 bits per heavy atom. The van der Waals surface area contributed by atoms with Crippen LogP contribution in [-0.2, 0) is 4.74 Å². The highest BCUT2D eigenvalue weighted by molar-refractivity contribution is 5.95. The second kappa shape index (κ2) is 4.30. The Labute approximate surface area is 98.4 Å². The summed E-state index contributed by atoms with van der Waals surface area (Å²) in [7, 11) is 0. The highest BCUT2D eigenvalue weighted by Gasteiger charge is 2.20. The van der Waals surface area contributed by atoms with E-state index in [4.69, 9.17) is 14.4 Å². The lowest BCUT2D eigenvalue weighted by molar-refractivity contribution is 0.0400. The Kier molecular flexibility index (Phi) is 2.84. The predicted molar refractivity (Wildman–Crippen MR) is 61.4 cm³/mol. The summed E-state index contributed by atoms with van der Waals surface area (Å²) >= 11 is 0. The molecular formula is C13H11NO3. The number of aryl methyl sites for hydroxylation is 1. The minimum atomic E-state index is -0.782. The highest BCUT2D eigenvalue weighted by Crippen LogP contribution is 2.25. The van der Waals surface area contributed by atoms with Crippen molar-refractivity contribution in [1.29, 1.82) is 5.26 Å². The van der Waals surface area contributed by atoms with Crippen molar-refractivity contribution in [3.8, 4) is 6.07 Å². The van der Waals surface area contributed by atoms with E-state index in [-0.39, 0.29) is 5.76 Å². The first-order valence-corrected chi connectivity index (χ1v) is 5.22. The number of hydrogen-bond acceptors (Lipinski definition) is 4. The molecule has 0 aliphatic rings. The van der Waals surface area contributed by atoms with Gasteiger partial charge in [-0.05, 0) is 19.9 Å². The average molecular weight is 229 g/mol. The van der Waals surface area contributed by atoms with Gasteiger partial charge in [0.1, 0.15) is 11.7 Å². The zero-order chi connectivity index (χ0) is 12.4. The zero-order valence-electron chi connectivity index (χ0n) is 9.56. The Balaban J connectivity index is 2.40. The Hall–Kier alpha value is -2.28. The maximum atomic E-state index is 11.7. The molecule has 0 radical (unpaired) electrons. The first kappa shape index (κ1) is 11.2. The second-order valence-electron chi connectivity index (χ2n) is 3.73. The average Bonchev–Trinajstić information content (AvgIpc) is 2.67. The summed E-state index contributed by atoms with van der Waals surface area (Å²) in [6.07, 6.45) is -0.782. The van der Waals surface area contributed by atoms with Gasteiger partial charge in [-0.1, -0.05) is 18.2 Å². The van der Waals surface area contributed by atoms with Gasteiger partial charge in [-0.25, -0.2) is 4.79 Å². The maximum Gasteiger partial charge on any atom is 0.375 e. The van der Waals surface area contributed by atoms with Crippen LogP contribution >= 0.6 is 0 Å². The minimum absolute atomic E-state index is 0.160. The molecule has 2 aromatic rings. The number of carbonyl (C=O) groups is 1. The van der Waals surface area contributed by atoms with E-state index in [1.807, 2.05) is 24.3 Å². The van der Waals surface area contributed by atoms with Crippen LogP contribution in [0.4, 0.5) is 0 Å². The van der Waals surface area contributed by atoms with Gasteiger partial charge in [0, 0.05) is 10.9 Å². The van der Waals surface area contributed by atoms with E-state index in [1.165, 1.54) is 6.92 Å². The maximum absolute atomic E-state index is 11.7.